The van der Waals surface area contributed by atoms with Crippen molar-refractivity contribution in [3.8, 4) is 17.0 Å². The molecule has 0 saturated carbocycles. The molecule has 1 aromatic carbocycles. The summed E-state index contributed by atoms with van der Waals surface area (Å²) in [6.07, 6.45) is 2.74. The first-order valence-corrected chi connectivity index (χ1v) is 10.9. The lowest BCUT2D eigenvalue weighted by atomic mass is 9.63. The molecule has 2 aromatic heterocycles. The van der Waals surface area contributed by atoms with Gasteiger partial charge in [-0.1, -0.05) is 6.92 Å². The molecule has 9 nitrogen and oxygen atoms in total. The zero-order chi connectivity index (χ0) is 25.3. The Hall–Kier alpha value is -3.66. The predicted molar refractivity (Wildman–Crippen MR) is 134 cm³/mol. The Morgan fingerprint density at radius 1 is 1.34 bits per heavy atom. The van der Waals surface area contributed by atoms with Gasteiger partial charge in [0.25, 0.3) is 0 Å². The quantitative estimate of drug-likeness (QED) is 0.263. The first-order valence-electron chi connectivity index (χ1n) is 10.9. The molecule has 4 N–H and O–H groups in total. The average Bonchev–Trinajstić information content (AvgIpc) is 3.23. The molecular formula is C23H24B2FN7O2. The Balaban J connectivity index is 2.02. The number of pyridine rings is 1. The van der Waals surface area contributed by atoms with E-state index in [1.54, 1.807) is 39.4 Å². The standard InChI is InChI=1S/C23H24B2FN7O2/c1-12-17-8-15(26)4-5-16(17)20(27)18(32-28-3)6-13-10-31-33(23(2,24)25)21(13)14-7-19(35-12)22(29-9-14)30-11-34/h4-5,7-10,12,27-28,34H,6,11H2,1-3H3,(H,29,30)/b27-20?,32-18-/t12-/m1/s1. The molecule has 12 heteroatoms. The number of halogens is 1. The molecule has 0 fully saturated rings. The van der Waals surface area contributed by atoms with Gasteiger partial charge >= 0.3 is 0 Å². The minimum atomic E-state index is -1.33. The van der Waals surface area contributed by atoms with Gasteiger partial charge in [-0.15, -0.1) is 0 Å². The number of rotatable bonds is 4. The van der Waals surface area contributed by atoms with Gasteiger partial charge in [0.1, 0.15) is 18.7 Å². The van der Waals surface area contributed by atoms with Crippen LogP contribution in [0.4, 0.5) is 10.2 Å². The largest absolute Gasteiger partial charge is 0.482 e. The van der Waals surface area contributed by atoms with Crippen molar-refractivity contribution in [2.24, 2.45) is 5.10 Å². The molecule has 4 rings (SSSR count). The normalized spacial score (nSPS) is 17.0. The molecule has 2 bridgehead atoms. The number of aliphatic hydroxyl groups excluding tert-OH is 1. The maximum Gasteiger partial charge on any atom is 0.170 e. The summed E-state index contributed by atoms with van der Waals surface area (Å²) >= 11 is 0. The van der Waals surface area contributed by atoms with E-state index < -0.39 is 17.3 Å². The molecule has 1 atom stereocenters. The topological polar surface area (TPSA) is 120 Å². The van der Waals surface area contributed by atoms with Gasteiger partial charge in [-0.2, -0.15) is 10.2 Å². The second kappa shape index (κ2) is 9.53. The van der Waals surface area contributed by atoms with Crippen molar-refractivity contribution < 1.29 is 14.2 Å². The zero-order valence-corrected chi connectivity index (χ0v) is 19.6. The van der Waals surface area contributed by atoms with Crippen LogP contribution in [0.2, 0.25) is 0 Å². The Labute approximate surface area is 205 Å². The highest BCUT2D eigenvalue weighted by Gasteiger charge is 2.27. The Bertz CT molecular complexity index is 1300. The van der Waals surface area contributed by atoms with Crippen molar-refractivity contribution in [2.75, 3.05) is 19.1 Å². The maximum atomic E-state index is 14.3. The number of benzene rings is 1. The number of hydrazone groups is 1. The summed E-state index contributed by atoms with van der Waals surface area (Å²) in [5.41, 5.74) is 6.05. The summed E-state index contributed by atoms with van der Waals surface area (Å²) in [6.45, 7) is 2.98. The fraction of sp³-hybridized carbons (Fsp3) is 0.304. The molecule has 0 aliphatic carbocycles. The van der Waals surface area contributed by atoms with Crippen molar-refractivity contribution in [1.29, 1.82) is 5.41 Å². The number of anilines is 1. The van der Waals surface area contributed by atoms with Crippen molar-refractivity contribution >= 4 is 32.9 Å². The summed E-state index contributed by atoms with van der Waals surface area (Å²) in [4.78, 5) is 4.42. The lowest BCUT2D eigenvalue weighted by Crippen LogP contribution is -2.32. The predicted octanol–water partition coefficient (Wildman–Crippen LogP) is 2.05. The molecule has 0 unspecified atom stereocenters. The third kappa shape index (κ3) is 4.79. The van der Waals surface area contributed by atoms with Crippen LogP contribution in [0.3, 0.4) is 0 Å². The van der Waals surface area contributed by atoms with Gasteiger partial charge < -0.3 is 20.6 Å². The van der Waals surface area contributed by atoms with E-state index in [-0.39, 0.29) is 18.9 Å². The number of aliphatic hydroxyl groups is 1. The second-order valence-electron chi connectivity index (χ2n) is 8.39. The lowest BCUT2D eigenvalue weighted by molar-refractivity contribution is 0.226. The molecule has 3 heterocycles. The number of aromatic nitrogens is 3. The van der Waals surface area contributed by atoms with Crippen molar-refractivity contribution in [1.82, 2.24) is 20.2 Å². The second-order valence-corrected chi connectivity index (χ2v) is 8.39. The Kier molecular flexibility index (Phi) is 6.66. The number of nitrogens with one attached hydrogen (secondary N) is 3. The molecule has 176 valence electrons. The minimum absolute atomic E-state index is 0.0998. The van der Waals surface area contributed by atoms with Gasteiger partial charge in [0.05, 0.1) is 39.0 Å². The molecule has 1 aliphatic rings. The summed E-state index contributed by atoms with van der Waals surface area (Å²) < 4.78 is 21.9. The van der Waals surface area contributed by atoms with Gasteiger partial charge in [0.2, 0.25) is 0 Å². The average molecular weight is 471 g/mol. The van der Waals surface area contributed by atoms with Crippen molar-refractivity contribution in [3.63, 3.8) is 0 Å². The monoisotopic (exact) mass is 471 g/mol. The van der Waals surface area contributed by atoms with Crippen molar-refractivity contribution in [2.45, 2.75) is 31.7 Å². The first-order chi connectivity index (χ1) is 16.6. The summed E-state index contributed by atoms with van der Waals surface area (Å²) in [7, 11) is 14.0. The van der Waals surface area contributed by atoms with E-state index in [0.717, 1.165) is 0 Å². The van der Waals surface area contributed by atoms with Crippen LogP contribution in [-0.2, 0) is 11.8 Å². The molecule has 0 saturated heterocycles. The minimum Gasteiger partial charge on any atom is -0.482 e. The molecule has 35 heavy (non-hydrogen) atoms. The highest BCUT2D eigenvalue weighted by molar-refractivity contribution is 6.48. The van der Waals surface area contributed by atoms with E-state index in [4.69, 9.17) is 25.8 Å². The number of nitrogens with zero attached hydrogens (tertiary/aromatic N) is 4. The molecular weight excluding hydrogens is 447 g/mol. The maximum absolute atomic E-state index is 14.3. The van der Waals surface area contributed by atoms with Crippen LogP contribution in [0.5, 0.6) is 5.75 Å². The first kappa shape index (κ1) is 24.5. The van der Waals surface area contributed by atoms with E-state index in [9.17, 15) is 9.50 Å². The highest BCUT2D eigenvalue weighted by Crippen LogP contribution is 2.36. The summed E-state index contributed by atoms with van der Waals surface area (Å²) in [6, 6.07) is 5.89. The summed E-state index contributed by atoms with van der Waals surface area (Å²) in [5, 5.41) is 28.5. The number of fused-ring (bicyclic) bond motifs is 5. The van der Waals surface area contributed by atoms with E-state index in [0.29, 0.717) is 45.2 Å². The van der Waals surface area contributed by atoms with E-state index in [1.807, 2.05) is 0 Å². The third-order valence-corrected chi connectivity index (χ3v) is 5.59. The van der Waals surface area contributed by atoms with Crippen LogP contribution in [0.15, 0.2) is 41.8 Å². The Morgan fingerprint density at radius 2 is 2.11 bits per heavy atom. The van der Waals surface area contributed by atoms with E-state index in [2.05, 4.69) is 25.9 Å². The van der Waals surface area contributed by atoms with Gasteiger partial charge in [-0.05, 0) is 36.5 Å². The molecule has 1 aliphatic heterocycles. The van der Waals surface area contributed by atoms with Crippen LogP contribution in [0.1, 0.15) is 36.6 Å². The summed E-state index contributed by atoms with van der Waals surface area (Å²) in [5.74, 6) is 0.145. The number of ether oxygens (including phenoxy) is 1. The van der Waals surface area contributed by atoms with Gasteiger partial charge in [0, 0.05) is 41.9 Å². The molecule has 0 spiro atoms. The van der Waals surface area contributed by atoms with Gasteiger partial charge in [-0.3, -0.25) is 10.1 Å². The van der Waals surface area contributed by atoms with Crippen molar-refractivity contribution in [3.05, 3.63) is 59.2 Å². The van der Waals surface area contributed by atoms with Gasteiger partial charge in [-0.25, -0.2) is 9.37 Å². The molecule has 4 radical (unpaired) electrons. The lowest BCUT2D eigenvalue weighted by Gasteiger charge is -2.26. The number of hydrogen-bond donors (Lipinski definition) is 4. The van der Waals surface area contributed by atoms with Crippen LogP contribution in [0.25, 0.3) is 11.3 Å². The fourth-order valence-electron chi connectivity index (χ4n) is 4.06. The fourth-order valence-corrected chi connectivity index (χ4v) is 4.06. The third-order valence-electron chi connectivity index (χ3n) is 5.59. The SMILES string of the molecule is [B]C([B])(C)n1ncc2c1-c1cnc(NCO)c(c1)O[C@H](C)c1cc(F)ccc1C(=N)/C(=N\NC)C2. The molecule has 0 amide bonds. The molecule has 3 aromatic rings. The van der Waals surface area contributed by atoms with Crippen LogP contribution >= 0.6 is 0 Å². The smallest absolute Gasteiger partial charge is 0.170 e. The van der Waals surface area contributed by atoms with E-state index in [1.165, 1.54) is 22.9 Å². The number of hydrogen-bond acceptors (Lipinski definition) is 8. The van der Waals surface area contributed by atoms with Crippen LogP contribution in [-0.4, -0.2) is 60.8 Å². The Morgan fingerprint density at radius 3 is 2.80 bits per heavy atom. The van der Waals surface area contributed by atoms with Gasteiger partial charge in [0.15, 0.2) is 11.6 Å². The van der Waals surface area contributed by atoms with E-state index >= 15 is 0 Å². The highest BCUT2D eigenvalue weighted by atomic mass is 19.1. The van der Waals surface area contributed by atoms with Crippen LogP contribution < -0.4 is 15.5 Å². The van der Waals surface area contributed by atoms with Crippen LogP contribution in [0, 0.1) is 11.2 Å². The zero-order valence-electron chi connectivity index (χ0n) is 19.6.